The molecule has 0 aromatic heterocycles. The van der Waals surface area contributed by atoms with Gasteiger partial charge in [0.2, 0.25) is 5.91 Å². The number of nitrogens with zero attached hydrogens (tertiary/aromatic N) is 1. The fraction of sp³-hybridized carbons (Fsp3) is 0.562. The lowest BCUT2D eigenvalue weighted by atomic mass is 9.82. The van der Waals surface area contributed by atoms with Gasteiger partial charge < -0.3 is 10.6 Å². The van der Waals surface area contributed by atoms with Crippen molar-refractivity contribution in [2.24, 2.45) is 11.7 Å². The third kappa shape index (κ3) is 2.98. The average molecular weight is 260 g/mol. The topological polar surface area (TPSA) is 46.3 Å². The normalized spacial score (nSPS) is 20.5. The molecule has 2 unspecified atom stereocenters. The van der Waals surface area contributed by atoms with E-state index in [1.165, 1.54) is 0 Å². The van der Waals surface area contributed by atoms with Gasteiger partial charge >= 0.3 is 0 Å². The minimum atomic E-state index is -0.202. The molecule has 0 spiro atoms. The SMILES string of the molecule is CCC(C)C(C(=O)N1CC(C)(N)C1)c1ccccc1. The molecule has 0 saturated carbocycles. The Balaban J connectivity index is 2.17. The van der Waals surface area contributed by atoms with E-state index in [1.54, 1.807) is 0 Å². The van der Waals surface area contributed by atoms with Crippen LogP contribution < -0.4 is 5.73 Å². The minimum absolute atomic E-state index is 0.0395. The van der Waals surface area contributed by atoms with Crippen molar-refractivity contribution >= 4 is 5.91 Å². The Morgan fingerprint density at radius 2 is 1.95 bits per heavy atom. The average Bonchev–Trinajstić information content (AvgIpc) is 2.37. The van der Waals surface area contributed by atoms with Crippen molar-refractivity contribution in [3.05, 3.63) is 35.9 Å². The molecule has 19 heavy (non-hydrogen) atoms. The molecule has 1 aromatic rings. The van der Waals surface area contributed by atoms with Crippen molar-refractivity contribution in [1.29, 1.82) is 0 Å². The molecule has 3 nitrogen and oxygen atoms in total. The van der Waals surface area contributed by atoms with Crippen LogP contribution in [0.2, 0.25) is 0 Å². The first kappa shape index (κ1) is 14.1. The third-order valence-corrected chi connectivity index (χ3v) is 4.05. The van der Waals surface area contributed by atoms with Crippen LogP contribution in [0.25, 0.3) is 0 Å². The van der Waals surface area contributed by atoms with Crippen LogP contribution in [-0.2, 0) is 4.79 Å². The van der Waals surface area contributed by atoms with Crippen LogP contribution in [0.4, 0.5) is 0 Å². The molecule has 0 radical (unpaired) electrons. The summed E-state index contributed by atoms with van der Waals surface area (Å²) in [5.74, 6) is 0.533. The monoisotopic (exact) mass is 260 g/mol. The summed E-state index contributed by atoms with van der Waals surface area (Å²) in [6.07, 6.45) is 0.999. The molecule has 1 amide bonds. The van der Waals surface area contributed by atoms with Crippen LogP contribution in [0.3, 0.4) is 0 Å². The maximum absolute atomic E-state index is 12.7. The van der Waals surface area contributed by atoms with Crippen LogP contribution >= 0.6 is 0 Å². The first-order valence-electron chi connectivity index (χ1n) is 7.07. The molecule has 2 N–H and O–H groups in total. The second-order valence-electron chi connectivity index (χ2n) is 6.12. The van der Waals surface area contributed by atoms with Crippen molar-refractivity contribution in [2.75, 3.05) is 13.1 Å². The molecule has 1 aliphatic heterocycles. The summed E-state index contributed by atoms with van der Waals surface area (Å²) in [7, 11) is 0. The molecule has 0 bridgehead atoms. The summed E-state index contributed by atoms with van der Waals surface area (Å²) in [6.45, 7) is 7.63. The molecule has 1 aromatic carbocycles. The molecule has 1 aliphatic rings. The maximum Gasteiger partial charge on any atom is 0.230 e. The Bertz CT molecular complexity index is 433. The van der Waals surface area contributed by atoms with E-state index in [2.05, 4.69) is 26.0 Å². The predicted octanol–water partition coefficient (Wildman–Crippen LogP) is 2.38. The van der Waals surface area contributed by atoms with Crippen molar-refractivity contribution in [1.82, 2.24) is 4.90 Å². The number of benzene rings is 1. The zero-order valence-electron chi connectivity index (χ0n) is 12.1. The van der Waals surface area contributed by atoms with Crippen LogP contribution in [0.5, 0.6) is 0 Å². The van der Waals surface area contributed by atoms with E-state index in [0.717, 1.165) is 12.0 Å². The van der Waals surface area contributed by atoms with Crippen molar-refractivity contribution in [3.8, 4) is 0 Å². The highest BCUT2D eigenvalue weighted by Gasteiger charge is 2.41. The lowest BCUT2D eigenvalue weighted by Gasteiger charge is -2.47. The van der Waals surface area contributed by atoms with Crippen molar-refractivity contribution in [2.45, 2.75) is 38.6 Å². The van der Waals surface area contributed by atoms with Gasteiger partial charge in [0.15, 0.2) is 0 Å². The maximum atomic E-state index is 12.7. The molecular weight excluding hydrogens is 236 g/mol. The number of rotatable bonds is 4. The van der Waals surface area contributed by atoms with Crippen molar-refractivity contribution in [3.63, 3.8) is 0 Å². The summed E-state index contributed by atoms with van der Waals surface area (Å²) in [5, 5.41) is 0. The van der Waals surface area contributed by atoms with E-state index in [1.807, 2.05) is 30.0 Å². The Morgan fingerprint density at radius 1 is 1.37 bits per heavy atom. The predicted molar refractivity (Wildman–Crippen MR) is 77.8 cm³/mol. The summed E-state index contributed by atoms with van der Waals surface area (Å²) >= 11 is 0. The number of amides is 1. The van der Waals surface area contributed by atoms with E-state index in [4.69, 9.17) is 5.73 Å². The Hall–Kier alpha value is -1.35. The number of carbonyl (C=O) groups is 1. The molecular formula is C16H24N2O. The Morgan fingerprint density at radius 3 is 2.42 bits per heavy atom. The quantitative estimate of drug-likeness (QED) is 0.903. The lowest BCUT2D eigenvalue weighted by molar-refractivity contribution is -0.141. The van der Waals surface area contributed by atoms with Crippen molar-refractivity contribution < 1.29 is 4.79 Å². The van der Waals surface area contributed by atoms with E-state index >= 15 is 0 Å². The van der Waals surface area contributed by atoms with E-state index < -0.39 is 0 Å². The minimum Gasteiger partial charge on any atom is -0.338 e. The van der Waals surface area contributed by atoms with Gasteiger partial charge in [0.1, 0.15) is 0 Å². The molecule has 1 heterocycles. The van der Waals surface area contributed by atoms with Gasteiger partial charge in [-0.05, 0) is 18.4 Å². The van der Waals surface area contributed by atoms with Gasteiger partial charge in [-0.25, -0.2) is 0 Å². The van der Waals surface area contributed by atoms with Crippen LogP contribution in [0.15, 0.2) is 30.3 Å². The van der Waals surface area contributed by atoms with Gasteiger partial charge in [-0.2, -0.15) is 0 Å². The third-order valence-electron chi connectivity index (χ3n) is 4.05. The highest BCUT2D eigenvalue weighted by atomic mass is 16.2. The summed E-state index contributed by atoms with van der Waals surface area (Å²) in [4.78, 5) is 14.6. The fourth-order valence-electron chi connectivity index (χ4n) is 2.79. The van der Waals surface area contributed by atoms with Gasteiger partial charge in [-0.15, -0.1) is 0 Å². The van der Waals surface area contributed by atoms with Gasteiger partial charge in [-0.3, -0.25) is 4.79 Å². The molecule has 1 saturated heterocycles. The fourth-order valence-corrected chi connectivity index (χ4v) is 2.79. The van der Waals surface area contributed by atoms with E-state index in [9.17, 15) is 4.79 Å². The zero-order valence-corrected chi connectivity index (χ0v) is 12.1. The van der Waals surface area contributed by atoms with Crippen LogP contribution in [0.1, 0.15) is 38.7 Å². The number of nitrogens with two attached hydrogens (primary N) is 1. The standard InChI is InChI=1S/C16H24N2O/c1-4-12(2)14(13-8-6-5-7-9-13)15(19)18-10-16(3,17)11-18/h5-9,12,14H,4,10-11,17H2,1-3H3. The van der Waals surface area contributed by atoms with Gasteiger partial charge in [0.05, 0.1) is 5.92 Å². The number of hydrogen-bond acceptors (Lipinski definition) is 2. The molecule has 104 valence electrons. The van der Waals surface area contributed by atoms with Crippen LogP contribution in [-0.4, -0.2) is 29.4 Å². The highest BCUT2D eigenvalue weighted by Crippen LogP contribution is 2.31. The molecule has 2 rings (SSSR count). The summed E-state index contributed by atoms with van der Waals surface area (Å²) in [6, 6.07) is 10.1. The zero-order chi connectivity index (χ0) is 14.0. The second kappa shape index (κ2) is 5.33. The highest BCUT2D eigenvalue weighted by molar-refractivity contribution is 5.85. The number of carbonyl (C=O) groups excluding carboxylic acids is 1. The molecule has 2 atom stereocenters. The molecule has 1 fully saturated rings. The summed E-state index contributed by atoms with van der Waals surface area (Å²) in [5.41, 5.74) is 6.92. The van der Waals surface area contributed by atoms with Gasteiger partial charge in [-0.1, -0.05) is 50.6 Å². The van der Waals surface area contributed by atoms with Gasteiger partial charge in [0, 0.05) is 18.6 Å². The van der Waals surface area contributed by atoms with E-state index in [0.29, 0.717) is 19.0 Å². The molecule has 3 heteroatoms. The first-order chi connectivity index (χ1) is 8.94. The molecule has 0 aliphatic carbocycles. The summed E-state index contributed by atoms with van der Waals surface area (Å²) < 4.78 is 0. The lowest BCUT2D eigenvalue weighted by Crippen LogP contribution is -2.67. The second-order valence-corrected chi connectivity index (χ2v) is 6.12. The van der Waals surface area contributed by atoms with Gasteiger partial charge in [0.25, 0.3) is 0 Å². The van der Waals surface area contributed by atoms with E-state index in [-0.39, 0.29) is 17.4 Å². The number of likely N-dealkylation sites (tertiary alicyclic amines) is 1. The smallest absolute Gasteiger partial charge is 0.230 e. The largest absolute Gasteiger partial charge is 0.338 e. The number of hydrogen-bond donors (Lipinski definition) is 1. The van der Waals surface area contributed by atoms with Crippen LogP contribution in [0, 0.1) is 5.92 Å². The Kier molecular flexibility index (Phi) is 3.95. The Labute approximate surface area is 115 Å². The first-order valence-corrected chi connectivity index (χ1v) is 7.07.